The third-order valence-corrected chi connectivity index (χ3v) is 16.4. The second kappa shape index (κ2) is 15.7. The van der Waals surface area contributed by atoms with Crippen molar-refractivity contribution in [1.29, 1.82) is 0 Å². The van der Waals surface area contributed by atoms with E-state index in [1.54, 1.807) is 16.9 Å². The zero-order valence-electron chi connectivity index (χ0n) is 31.1. The molecule has 2 aromatic carbocycles. The zero-order valence-corrected chi connectivity index (χ0v) is 32.1. The normalized spacial score (nSPS) is 27.0. The monoisotopic (exact) mass is 734 g/mol. The summed E-state index contributed by atoms with van der Waals surface area (Å²) in [7, 11) is 0.493. The summed E-state index contributed by atoms with van der Waals surface area (Å²) in [6, 6.07) is 13.2. The van der Waals surface area contributed by atoms with Crippen molar-refractivity contribution < 1.29 is 38.5 Å². The zero-order chi connectivity index (χ0) is 37.2. The molecule has 3 saturated heterocycles. The molecule has 3 fully saturated rings. The maximum atomic E-state index is 15.1. The van der Waals surface area contributed by atoms with Crippen LogP contribution in [0.15, 0.2) is 42.5 Å². The number of aliphatic hydroxyl groups is 1. The minimum absolute atomic E-state index is 0.0780. The van der Waals surface area contributed by atoms with Gasteiger partial charge in [0.1, 0.15) is 5.75 Å². The molecule has 3 N–H and O–H groups in total. The highest BCUT2D eigenvalue weighted by Crippen LogP contribution is 2.60. The van der Waals surface area contributed by atoms with Gasteiger partial charge >= 0.3 is 5.97 Å². The largest absolute Gasteiger partial charge is 0.497 e. The Morgan fingerprint density at radius 3 is 2.52 bits per heavy atom. The predicted octanol–water partition coefficient (Wildman–Crippen LogP) is 3.67. The molecule has 13 heteroatoms. The highest BCUT2D eigenvalue weighted by molar-refractivity contribution is 6.91. The van der Waals surface area contributed by atoms with Crippen LogP contribution in [0, 0.1) is 5.92 Å². The van der Waals surface area contributed by atoms with Crippen molar-refractivity contribution in [2.45, 2.75) is 101 Å². The quantitative estimate of drug-likeness (QED) is 0.160. The van der Waals surface area contributed by atoms with Crippen LogP contribution in [0.3, 0.4) is 0 Å². The summed E-state index contributed by atoms with van der Waals surface area (Å²) in [5, 5.41) is 17.5. The van der Waals surface area contributed by atoms with E-state index in [9.17, 15) is 19.5 Å². The van der Waals surface area contributed by atoms with Crippen LogP contribution in [0.2, 0.25) is 18.6 Å². The van der Waals surface area contributed by atoms with Gasteiger partial charge in [-0.15, -0.1) is 0 Å². The van der Waals surface area contributed by atoms with E-state index in [0.29, 0.717) is 42.9 Å². The van der Waals surface area contributed by atoms with Crippen LogP contribution in [0.1, 0.15) is 63.9 Å². The Hall–Kier alpha value is -3.78. The number of fused-ring (bicyclic) bond motifs is 2. The summed E-state index contributed by atoms with van der Waals surface area (Å²) in [4.78, 5) is 57.8. The standard InChI is InChI=1S/C39H54N4O8Si/c1-25-36(52(4,5)29-16-14-28(49-2)15-17-29)33(23-34(45)42-21-9-10-27(42)24-44)51-39(25)30-22-26(41-37(47)31-11-8-19-40-31)13-18-32(30)43(38(39)48)20-7-6-12-35(46)50-3/h13-18,22,25,27,31,33,36,40,44H,6-12,19-21,23-24H2,1-5H3,(H,41,47)/t25-,27+,31-,33+,36-,39+/m1/s1. The predicted molar refractivity (Wildman–Crippen MR) is 200 cm³/mol. The van der Waals surface area contributed by atoms with Crippen molar-refractivity contribution in [3.05, 3.63) is 48.0 Å². The van der Waals surface area contributed by atoms with E-state index >= 15 is 4.79 Å². The summed E-state index contributed by atoms with van der Waals surface area (Å²) in [6.07, 6.45) is 4.17. The maximum Gasteiger partial charge on any atom is 0.305 e. The molecule has 282 valence electrons. The molecule has 0 saturated carbocycles. The summed E-state index contributed by atoms with van der Waals surface area (Å²) in [5.74, 6) is -0.267. The molecule has 4 aliphatic heterocycles. The highest BCUT2D eigenvalue weighted by atomic mass is 28.3. The van der Waals surface area contributed by atoms with Crippen LogP contribution >= 0.6 is 0 Å². The summed E-state index contributed by atoms with van der Waals surface area (Å²) in [5.41, 5.74) is 0.415. The lowest BCUT2D eigenvalue weighted by Gasteiger charge is -2.37. The van der Waals surface area contributed by atoms with Gasteiger partial charge in [0.05, 0.1) is 59.2 Å². The average molecular weight is 735 g/mol. The second-order valence-corrected chi connectivity index (χ2v) is 20.0. The number of carbonyl (C=O) groups is 4. The molecule has 0 aromatic heterocycles. The molecule has 2 aromatic rings. The van der Waals surface area contributed by atoms with Crippen molar-refractivity contribution in [3.8, 4) is 5.75 Å². The van der Waals surface area contributed by atoms with E-state index < -0.39 is 19.8 Å². The van der Waals surface area contributed by atoms with Crippen LogP contribution in [-0.4, -0.2) is 100 Å². The minimum Gasteiger partial charge on any atom is -0.497 e. The average Bonchev–Trinajstić information content (AvgIpc) is 3.94. The lowest BCUT2D eigenvalue weighted by Crippen LogP contribution is -2.52. The number of amides is 3. The van der Waals surface area contributed by atoms with Gasteiger partial charge in [0.25, 0.3) is 5.91 Å². The maximum absolute atomic E-state index is 15.1. The number of hydrogen-bond donors (Lipinski definition) is 3. The van der Waals surface area contributed by atoms with Crippen LogP contribution in [0.5, 0.6) is 5.75 Å². The third kappa shape index (κ3) is 7.00. The second-order valence-electron chi connectivity index (χ2n) is 15.3. The Balaban J connectivity index is 1.40. The molecule has 0 radical (unpaired) electrons. The Morgan fingerprint density at radius 1 is 1.08 bits per heavy atom. The number of esters is 1. The van der Waals surface area contributed by atoms with E-state index in [1.807, 2.05) is 30.3 Å². The van der Waals surface area contributed by atoms with E-state index in [1.165, 1.54) is 7.11 Å². The number of rotatable bonds is 13. The number of methoxy groups -OCH3 is 2. The van der Waals surface area contributed by atoms with Gasteiger partial charge < -0.3 is 39.8 Å². The van der Waals surface area contributed by atoms with Crippen LogP contribution in [0.25, 0.3) is 0 Å². The van der Waals surface area contributed by atoms with Crippen molar-refractivity contribution >= 4 is 48.3 Å². The van der Waals surface area contributed by atoms with Gasteiger partial charge in [-0.05, 0) is 80.9 Å². The molecule has 6 atom stereocenters. The van der Waals surface area contributed by atoms with Gasteiger partial charge in [-0.1, -0.05) is 37.3 Å². The molecule has 0 bridgehead atoms. The molecular weight excluding hydrogens is 681 g/mol. The molecule has 0 aliphatic carbocycles. The molecule has 4 aliphatic rings. The van der Waals surface area contributed by atoms with E-state index in [-0.39, 0.29) is 66.7 Å². The minimum atomic E-state index is -2.51. The first kappa shape index (κ1) is 38.0. The number of unbranched alkanes of at least 4 members (excludes halogenated alkanes) is 1. The molecule has 12 nitrogen and oxygen atoms in total. The number of nitrogens with one attached hydrogen (secondary N) is 2. The SMILES string of the molecule is COC(=O)CCCCN1C(=O)[C@@]2(O[C@@H](CC(=O)N3CCC[C@H]3CO)[C@H]([Si](C)(C)c3ccc(OC)cc3)[C@H]2C)c2cc(NC(=O)[C@H]3CCCN3)ccc21. The number of aliphatic hydroxyl groups excluding tert-OH is 1. The van der Waals surface area contributed by atoms with Gasteiger partial charge in [0.15, 0.2) is 5.60 Å². The first-order chi connectivity index (χ1) is 25.0. The fourth-order valence-corrected chi connectivity index (χ4v) is 13.2. The fraction of sp³-hybridized carbons (Fsp3) is 0.590. The first-order valence-electron chi connectivity index (χ1n) is 18.8. The first-order valence-corrected chi connectivity index (χ1v) is 21.8. The Labute approximate surface area is 307 Å². The van der Waals surface area contributed by atoms with Gasteiger partial charge in [-0.25, -0.2) is 0 Å². The van der Waals surface area contributed by atoms with Crippen molar-refractivity contribution in [2.75, 3.05) is 50.7 Å². The Kier molecular flexibility index (Phi) is 11.4. The Morgan fingerprint density at radius 2 is 1.85 bits per heavy atom. The molecule has 3 amide bonds. The Bertz CT molecular complexity index is 1650. The molecule has 4 heterocycles. The summed E-state index contributed by atoms with van der Waals surface area (Å²) in [6.45, 7) is 8.29. The van der Waals surface area contributed by atoms with Gasteiger partial charge in [0.2, 0.25) is 11.8 Å². The molecule has 0 unspecified atom stereocenters. The number of nitrogens with zero attached hydrogens (tertiary/aromatic N) is 2. The third-order valence-electron chi connectivity index (χ3n) is 12.0. The van der Waals surface area contributed by atoms with Crippen molar-refractivity contribution in [2.24, 2.45) is 5.92 Å². The van der Waals surface area contributed by atoms with E-state index in [4.69, 9.17) is 14.2 Å². The molecule has 1 spiro atoms. The smallest absolute Gasteiger partial charge is 0.305 e. The molecule has 6 rings (SSSR count). The summed E-state index contributed by atoms with van der Waals surface area (Å²) < 4.78 is 17.5. The number of carbonyl (C=O) groups excluding carboxylic acids is 4. The topological polar surface area (TPSA) is 147 Å². The van der Waals surface area contributed by atoms with Crippen LogP contribution in [-0.2, 0) is 34.3 Å². The van der Waals surface area contributed by atoms with Crippen molar-refractivity contribution in [3.63, 3.8) is 0 Å². The highest BCUT2D eigenvalue weighted by Gasteiger charge is 2.66. The van der Waals surface area contributed by atoms with E-state index in [0.717, 1.165) is 43.2 Å². The number of likely N-dealkylation sites (tertiary alicyclic amines) is 1. The number of anilines is 2. The summed E-state index contributed by atoms with van der Waals surface area (Å²) >= 11 is 0. The lowest BCUT2D eigenvalue weighted by molar-refractivity contribution is -0.150. The van der Waals surface area contributed by atoms with Crippen LogP contribution < -0.4 is 25.5 Å². The number of hydrogen-bond acceptors (Lipinski definition) is 9. The van der Waals surface area contributed by atoms with Gasteiger partial charge in [-0.3, -0.25) is 19.2 Å². The van der Waals surface area contributed by atoms with E-state index in [2.05, 4.69) is 42.8 Å². The van der Waals surface area contributed by atoms with Crippen LogP contribution in [0.4, 0.5) is 11.4 Å². The van der Waals surface area contributed by atoms with Gasteiger partial charge in [0, 0.05) is 36.7 Å². The molecule has 52 heavy (non-hydrogen) atoms. The fourth-order valence-electron chi connectivity index (χ4n) is 9.24. The molecular formula is C39H54N4O8Si. The lowest BCUT2D eigenvalue weighted by atomic mass is 9.82. The van der Waals surface area contributed by atoms with Gasteiger partial charge in [-0.2, -0.15) is 0 Å². The number of benzene rings is 2. The number of ether oxygens (including phenoxy) is 3. The van der Waals surface area contributed by atoms with Crippen molar-refractivity contribution in [1.82, 2.24) is 10.2 Å².